The zero-order chi connectivity index (χ0) is 42.7. The van der Waals surface area contributed by atoms with Crippen LogP contribution >= 0.6 is 31.9 Å². The summed E-state index contributed by atoms with van der Waals surface area (Å²) in [6.45, 7) is 28.8. The zero-order valence-electron chi connectivity index (χ0n) is 34.9. The van der Waals surface area contributed by atoms with Gasteiger partial charge >= 0.3 is 0 Å². The number of nitrogens with zero attached hydrogens (tertiary/aromatic N) is 1. The number of phenolic OH excluding ortho intramolecular Hbond substituents is 3. The van der Waals surface area contributed by atoms with E-state index in [1.165, 1.54) is 0 Å². The van der Waals surface area contributed by atoms with Crippen molar-refractivity contribution in [2.45, 2.75) is 93.9 Å². The highest BCUT2D eigenvalue weighted by atomic mass is 79.9. The van der Waals surface area contributed by atoms with Crippen molar-refractivity contribution in [1.82, 2.24) is 0 Å². The number of aromatic hydroxyl groups is 3. The van der Waals surface area contributed by atoms with Crippen molar-refractivity contribution < 1.29 is 30.6 Å². The lowest BCUT2D eigenvalue weighted by Crippen LogP contribution is -2.42. The molecule has 2 aliphatic carbocycles. The number of rotatable bonds is 6. The lowest BCUT2D eigenvalue weighted by Gasteiger charge is -2.44. The Kier molecular flexibility index (Phi) is 9.90. The molecule has 0 heterocycles. The number of benzene rings is 4. The van der Waals surface area contributed by atoms with Gasteiger partial charge in [0.05, 0.1) is 11.3 Å². The Morgan fingerprint density at radius 1 is 0.544 bits per heavy atom. The Labute approximate surface area is 354 Å². The average molecular weight is 902 g/mol. The summed E-state index contributed by atoms with van der Waals surface area (Å²) in [6.07, 6.45) is 0. The van der Waals surface area contributed by atoms with Gasteiger partial charge in [0.2, 0.25) is 0 Å². The minimum Gasteiger partial charge on any atom is -0.507 e. The quantitative estimate of drug-likeness (QED) is 0.0647. The molecule has 2 aliphatic rings. The summed E-state index contributed by atoms with van der Waals surface area (Å²) in [7, 11) is 0. The number of aliphatic hydroxyl groups is 3. The summed E-state index contributed by atoms with van der Waals surface area (Å²) in [6, 6.07) is 20.8. The lowest BCUT2D eigenvalue weighted by molar-refractivity contribution is 0.0681. The summed E-state index contributed by atoms with van der Waals surface area (Å²) in [5.74, 6) is -1.86. The number of halogens is 2. The van der Waals surface area contributed by atoms with E-state index >= 15 is 0 Å². The van der Waals surface area contributed by atoms with Gasteiger partial charge in [-0.15, -0.1) is 0 Å². The number of anilines is 3. The SMILES string of the molecule is C=C(/C(O)=C1\C(=C(O)O)C(C)(C)C(C)(C)C1(C)C)c1ccc(-c2c(O)c(O)c3c(c2O)C(C)(C)C(C)(C)C3(C)C)cc1N(c1ccc(Br)cc1)c1ccc(Br)cc1. The minimum atomic E-state index is -0.855. The van der Waals surface area contributed by atoms with Gasteiger partial charge in [0.1, 0.15) is 11.5 Å². The highest BCUT2D eigenvalue weighted by molar-refractivity contribution is 9.10. The van der Waals surface area contributed by atoms with Crippen molar-refractivity contribution in [3.8, 4) is 28.4 Å². The molecule has 0 amide bonds. The first-order valence-electron chi connectivity index (χ1n) is 19.1. The smallest absolute Gasteiger partial charge is 0.278 e. The lowest BCUT2D eigenvalue weighted by atomic mass is 9.59. The van der Waals surface area contributed by atoms with E-state index < -0.39 is 44.2 Å². The van der Waals surface area contributed by atoms with E-state index in [9.17, 15) is 30.6 Å². The van der Waals surface area contributed by atoms with Crippen molar-refractivity contribution in [2.24, 2.45) is 21.7 Å². The monoisotopic (exact) mass is 899 g/mol. The molecule has 0 bridgehead atoms. The molecule has 6 N–H and O–H groups in total. The predicted octanol–water partition coefficient (Wildman–Crippen LogP) is 14.3. The summed E-state index contributed by atoms with van der Waals surface area (Å²) >= 11 is 7.14. The molecule has 4 aromatic carbocycles. The highest BCUT2D eigenvalue weighted by Crippen LogP contribution is 2.70. The molecule has 0 aliphatic heterocycles. The Morgan fingerprint density at radius 2 is 0.965 bits per heavy atom. The second kappa shape index (κ2) is 13.3. The number of hydrogen-bond donors (Lipinski definition) is 6. The molecule has 0 aromatic heterocycles. The van der Waals surface area contributed by atoms with Crippen LogP contribution < -0.4 is 4.90 Å². The third kappa shape index (κ3) is 5.76. The number of aliphatic hydroxyl groups excluding tert-OH is 2. The van der Waals surface area contributed by atoms with Crippen LogP contribution in [-0.2, 0) is 10.8 Å². The van der Waals surface area contributed by atoms with Gasteiger partial charge in [-0.25, -0.2) is 0 Å². The van der Waals surface area contributed by atoms with Gasteiger partial charge in [0.15, 0.2) is 11.5 Å². The van der Waals surface area contributed by atoms with Crippen LogP contribution in [0.1, 0.15) is 99.8 Å². The maximum Gasteiger partial charge on any atom is 0.278 e. The van der Waals surface area contributed by atoms with Crippen LogP contribution in [0.2, 0.25) is 0 Å². The number of allylic oxidation sites excluding steroid dienone is 3. The Morgan fingerprint density at radius 3 is 1.42 bits per heavy atom. The molecule has 0 unspecified atom stereocenters. The summed E-state index contributed by atoms with van der Waals surface area (Å²) in [4.78, 5) is 1.99. The van der Waals surface area contributed by atoms with Crippen LogP contribution in [0, 0.1) is 21.7 Å². The number of phenols is 3. The van der Waals surface area contributed by atoms with Crippen molar-refractivity contribution in [3.05, 3.63) is 122 Å². The van der Waals surface area contributed by atoms with Gasteiger partial charge in [-0.05, 0) is 87.2 Å². The summed E-state index contributed by atoms with van der Waals surface area (Å²) < 4.78 is 1.74. The van der Waals surface area contributed by atoms with E-state index in [1.807, 2.05) is 101 Å². The van der Waals surface area contributed by atoms with E-state index in [0.29, 0.717) is 33.5 Å². The van der Waals surface area contributed by atoms with Gasteiger partial charge in [0.25, 0.3) is 5.95 Å². The number of fused-ring (bicyclic) bond motifs is 1. The third-order valence-electron chi connectivity index (χ3n) is 15.2. The molecule has 302 valence electrons. The van der Waals surface area contributed by atoms with Crippen LogP contribution in [0.25, 0.3) is 16.7 Å². The first-order chi connectivity index (χ1) is 26.1. The second-order valence-electron chi connectivity index (χ2n) is 18.8. The first-order valence-corrected chi connectivity index (χ1v) is 20.7. The van der Waals surface area contributed by atoms with E-state index in [-0.39, 0.29) is 34.0 Å². The highest BCUT2D eigenvalue weighted by Gasteiger charge is 2.62. The van der Waals surface area contributed by atoms with E-state index in [4.69, 9.17) is 0 Å². The zero-order valence-corrected chi connectivity index (χ0v) is 38.1. The maximum atomic E-state index is 12.5. The Hall–Kier alpha value is -4.34. The van der Waals surface area contributed by atoms with Gasteiger partial charge in [-0.3, -0.25) is 0 Å². The largest absolute Gasteiger partial charge is 0.507 e. The average Bonchev–Trinajstić information content (AvgIpc) is 3.31. The molecule has 0 saturated heterocycles. The van der Waals surface area contributed by atoms with Crippen LogP contribution in [0.5, 0.6) is 17.2 Å². The fourth-order valence-electron chi connectivity index (χ4n) is 9.46. The third-order valence-corrected chi connectivity index (χ3v) is 16.2. The Balaban J connectivity index is 1.72. The summed E-state index contributed by atoms with van der Waals surface area (Å²) in [5, 5.41) is 70.1. The molecule has 57 heavy (non-hydrogen) atoms. The minimum absolute atomic E-state index is 0.0798. The van der Waals surface area contributed by atoms with Crippen LogP contribution in [0.15, 0.2) is 105 Å². The van der Waals surface area contributed by atoms with Gasteiger partial charge in [-0.1, -0.05) is 134 Å². The molecular weight excluding hydrogens is 846 g/mol. The normalized spacial score (nSPS) is 20.2. The molecule has 4 aromatic rings. The van der Waals surface area contributed by atoms with Gasteiger partial charge < -0.3 is 35.5 Å². The Bertz CT molecular complexity index is 2350. The van der Waals surface area contributed by atoms with Crippen LogP contribution in [-0.4, -0.2) is 30.6 Å². The van der Waals surface area contributed by atoms with Crippen molar-refractivity contribution in [1.29, 1.82) is 0 Å². The van der Waals surface area contributed by atoms with Gasteiger partial charge in [-0.2, -0.15) is 0 Å². The molecule has 6 rings (SSSR count). The van der Waals surface area contributed by atoms with Crippen molar-refractivity contribution >= 4 is 54.5 Å². The fraction of sp³-hybridized carbons (Fsp3) is 0.375. The first kappa shape index (κ1) is 42.3. The maximum absolute atomic E-state index is 12.5. The second-order valence-corrected chi connectivity index (χ2v) is 20.7. The molecular formula is C48H55Br2NO6. The molecule has 7 nitrogen and oxygen atoms in total. The van der Waals surface area contributed by atoms with E-state index in [1.54, 1.807) is 12.1 Å². The van der Waals surface area contributed by atoms with E-state index in [2.05, 4.69) is 80.0 Å². The van der Waals surface area contributed by atoms with Crippen molar-refractivity contribution in [2.75, 3.05) is 4.90 Å². The van der Waals surface area contributed by atoms with Crippen molar-refractivity contribution in [3.63, 3.8) is 0 Å². The molecule has 0 spiro atoms. The van der Waals surface area contributed by atoms with E-state index in [0.717, 1.165) is 20.3 Å². The van der Waals surface area contributed by atoms with Crippen LogP contribution in [0.3, 0.4) is 0 Å². The topological polar surface area (TPSA) is 125 Å². The number of hydrogen-bond acceptors (Lipinski definition) is 7. The molecule has 0 atom stereocenters. The predicted molar refractivity (Wildman–Crippen MR) is 239 cm³/mol. The van der Waals surface area contributed by atoms with Crippen LogP contribution in [0.4, 0.5) is 17.1 Å². The molecule has 1 saturated carbocycles. The summed E-state index contributed by atoms with van der Waals surface area (Å²) in [5.41, 5.74) is 1.29. The molecule has 9 heteroatoms. The molecule has 0 radical (unpaired) electrons. The standard InChI is InChI=1S/C48H55Br2NO6/c1-25(38(52)36-37(42(56)57)46(8,9)48(12,13)45(36,6)7)31-23-14-26(24-32(31)51(29-19-15-27(49)16-20-29)30-21-17-28(50)18-22-30)33-39(53)34-35(41(55)40(33)54)44(4,5)47(10,11)43(34,2)3/h14-24,52-57H,1H2,2-13H3/b38-36-. The van der Waals surface area contributed by atoms with Gasteiger partial charge in [0, 0.05) is 59.1 Å². The molecule has 1 fully saturated rings. The fourth-order valence-corrected chi connectivity index (χ4v) is 9.99.